The summed E-state index contributed by atoms with van der Waals surface area (Å²) < 4.78 is 0. The number of nitrogens with zero attached hydrogens (tertiary/aromatic N) is 2. The molecule has 1 aliphatic rings. The largest absolute Gasteiger partial charge is 0.477 e. The molecule has 3 heterocycles. The van der Waals surface area contributed by atoms with Crippen molar-refractivity contribution in [2.45, 2.75) is 39.2 Å². The van der Waals surface area contributed by atoms with Crippen LogP contribution in [0.1, 0.15) is 46.6 Å². The number of fused-ring (bicyclic) bond motifs is 1. The summed E-state index contributed by atoms with van der Waals surface area (Å²) in [6.07, 6.45) is 1.01. The summed E-state index contributed by atoms with van der Waals surface area (Å²) in [7, 11) is 0. The first-order valence-electron chi connectivity index (χ1n) is 6.91. The molecule has 0 saturated carbocycles. The Balaban J connectivity index is 1.95. The molecule has 1 N–H and O–H groups in total. The minimum absolute atomic E-state index is 0.258. The average molecular weight is 322 g/mol. The molecule has 0 fully saturated rings. The lowest BCUT2D eigenvalue weighted by Gasteiger charge is -2.26. The van der Waals surface area contributed by atoms with Gasteiger partial charge in [-0.05, 0) is 23.4 Å². The maximum atomic E-state index is 11.5. The molecule has 0 aromatic carbocycles. The van der Waals surface area contributed by atoms with Gasteiger partial charge in [-0.2, -0.15) is 0 Å². The van der Waals surface area contributed by atoms with Crippen molar-refractivity contribution in [1.29, 1.82) is 0 Å². The van der Waals surface area contributed by atoms with Crippen LogP contribution in [0.4, 0.5) is 5.13 Å². The van der Waals surface area contributed by atoms with Crippen LogP contribution in [0, 0.1) is 0 Å². The van der Waals surface area contributed by atoms with E-state index in [1.807, 2.05) is 20.8 Å². The normalized spacial score (nSPS) is 15.1. The van der Waals surface area contributed by atoms with Gasteiger partial charge in [0.15, 0.2) is 5.13 Å². The van der Waals surface area contributed by atoms with Gasteiger partial charge in [-0.1, -0.05) is 32.1 Å². The zero-order valence-electron chi connectivity index (χ0n) is 12.3. The molecular formula is C15H18N2O2S2. The molecule has 0 atom stereocenters. The highest BCUT2D eigenvalue weighted by Crippen LogP contribution is 2.36. The van der Waals surface area contributed by atoms with Crippen molar-refractivity contribution in [3.05, 3.63) is 32.5 Å². The van der Waals surface area contributed by atoms with E-state index in [2.05, 4.69) is 21.3 Å². The number of carbonyl (C=O) groups is 1. The third-order valence-electron chi connectivity index (χ3n) is 3.60. The molecule has 0 amide bonds. The van der Waals surface area contributed by atoms with E-state index < -0.39 is 5.97 Å². The summed E-state index contributed by atoms with van der Waals surface area (Å²) in [4.78, 5) is 20.1. The van der Waals surface area contributed by atoms with Crippen LogP contribution < -0.4 is 4.90 Å². The Bertz CT molecular complexity index is 682. The van der Waals surface area contributed by atoms with Gasteiger partial charge in [-0.25, -0.2) is 9.78 Å². The molecule has 0 unspecified atom stereocenters. The lowest BCUT2D eigenvalue weighted by atomic mass is 9.91. The summed E-state index contributed by atoms with van der Waals surface area (Å²) in [5, 5.41) is 12.4. The van der Waals surface area contributed by atoms with Crippen molar-refractivity contribution in [2.75, 3.05) is 11.4 Å². The summed E-state index contributed by atoms with van der Waals surface area (Å²) >= 11 is 3.10. The molecule has 2 aromatic heterocycles. The average Bonchev–Trinajstić information content (AvgIpc) is 3.03. The highest BCUT2D eigenvalue weighted by Gasteiger charge is 2.29. The Labute approximate surface area is 132 Å². The number of aromatic carboxylic acids is 1. The van der Waals surface area contributed by atoms with Gasteiger partial charge in [0.1, 0.15) is 4.88 Å². The fourth-order valence-corrected chi connectivity index (χ4v) is 4.54. The molecule has 0 saturated heterocycles. The van der Waals surface area contributed by atoms with Gasteiger partial charge in [0.25, 0.3) is 0 Å². The van der Waals surface area contributed by atoms with Crippen LogP contribution in [-0.4, -0.2) is 22.6 Å². The van der Waals surface area contributed by atoms with E-state index in [4.69, 9.17) is 0 Å². The summed E-state index contributed by atoms with van der Waals surface area (Å²) in [6.45, 7) is 7.75. The first kappa shape index (κ1) is 14.5. The van der Waals surface area contributed by atoms with Crippen LogP contribution in [0.25, 0.3) is 0 Å². The third kappa shape index (κ3) is 2.70. The predicted octanol–water partition coefficient (Wildman–Crippen LogP) is 3.76. The SMILES string of the molecule is CC(C)(C)c1nc(N2CCc3sccc3C2)sc1C(=O)O. The molecule has 1 aliphatic heterocycles. The zero-order valence-corrected chi connectivity index (χ0v) is 14.0. The smallest absolute Gasteiger partial charge is 0.347 e. The summed E-state index contributed by atoms with van der Waals surface area (Å²) in [5.74, 6) is -0.878. The van der Waals surface area contributed by atoms with Gasteiger partial charge in [0.2, 0.25) is 0 Å². The van der Waals surface area contributed by atoms with Gasteiger partial charge in [0, 0.05) is 23.4 Å². The Morgan fingerprint density at radius 2 is 2.19 bits per heavy atom. The lowest BCUT2D eigenvalue weighted by Crippen LogP contribution is -2.29. The molecule has 6 heteroatoms. The molecule has 4 nitrogen and oxygen atoms in total. The van der Waals surface area contributed by atoms with Gasteiger partial charge in [-0.15, -0.1) is 11.3 Å². The van der Waals surface area contributed by atoms with Crippen LogP contribution >= 0.6 is 22.7 Å². The Morgan fingerprint density at radius 3 is 2.81 bits per heavy atom. The number of anilines is 1. The van der Waals surface area contributed by atoms with E-state index >= 15 is 0 Å². The van der Waals surface area contributed by atoms with Crippen LogP contribution in [0.3, 0.4) is 0 Å². The van der Waals surface area contributed by atoms with Crippen molar-refractivity contribution >= 4 is 33.8 Å². The van der Waals surface area contributed by atoms with E-state index in [1.165, 1.54) is 21.8 Å². The zero-order chi connectivity index (χ0) is 15.2. The van der Waals surface area contributed by atoms with Gasteiger partial charge < -0.3 is 10.0 Å². The van der Waals surface area contributed by atoms with Crippen molar-refractivity contribution < 1.29 is 9.90 Å². The maximum absolute atomic E-state index is 11.5. The van der Waals surface area contributed by atoms with E-state index in [-0.39, 0.29) is 5.41 Å². The van der Waals surface area contributed by atoms with E-state index in [0.29, 0.717) is 10.6 Å². The highest BCUT2D eigenvalue weighted by molar-refractivity contribution is 7.17. The Hall–Kier alpha value is -1.40. The number of hydrogen-bond donors (Lipinski definition) is 1. The molecule has 0 radical (unpaired) electrons. The van der Waals surface area contributed by atoms with Crippen LogP contribution in [0.15, 0.2) is 11.4 Å². The molecule has 0 spiro atoms. The molecular weight excluding hydrogens is 304 g/mol. The number of thiophene rings is 1. The van der Waals surface area contributed by atoms with Crippen molar-refractivity contribution in [3.63, 3.8) is 0 Å². The van der Waals surface area contributed by atoms with Crippen molar-refractivity contribution in [3.8, 4) is 0 Å². The monoisotopic (exact) mass is 322 g/mol. The molecule has 0 aliphatic carbocycles. The predicted molar refractivity (Wildman–Crippen MR) is 86.8 cm³/mol. The Morgan fingerprint density at radius 1 is 1.43 bits per heavy atom. The number of thiazole rings is 1. The highest BCUT2D eigenvalue weighted by atomic mass is 32.1. The second-order valence-corrected chi connectivity index (χ2v) is 8.25. The minimum Gasteiger partial charge on any atom is -0.477 e. The standard InChI is InChI=1S/C15H18N2O2S2/c1-15(2,3)12-11(13(18)19)21-14(16-12)17-6-4-10-9(8-17)5-7-20-10/h5,7H,4,6,8H2,1-3H3,(H,18,19). The van der Waals surface area contributed by atoms with Crippen LogP contribution in [0.2, 0.25) is 0 Å². The molecule has 3 rings (SSSR count). The van der Waals surface area contributed by atoms with Gasteiger partial charge in [-0.3, -0.25) is 0 Å². The lowest BCUT2D eigenvalue weighted by molar-refractivity contribution is 0.0699. The van der Waals surface area contributed by atoms with E-state index in [9.17, 15) is 9.90 Å². The first-order chi connectivity index (χ1) is 9.86. The van der Waals surface area contributed by atoms with E-state index in [0.717, 1.165) is 24.6 Å². The number of rotatable bonds is 2. The fraction of sp³-hybridized carbons (Fsp3) is 0.467. The first-order valence-corrected chi connectivity index (χ1v) is 8.60. The fourth-order valence-electron chi connectivity index (χ4n) is 2.51. The quantitative estimate of drug-likeness (QED) is 0.914. The number of carboxylic acid groups (broad SMARTS) is 1. The molecule has 0 bridgehead atoms. The van der Waals surface area contributed by atoms with Crippen LogP contribution in [0.5, 0.6) is 0 Å². The summed E-state index contributed by atoms with van der Waals surface area (Å²) in [6, 6.07) is 2.16. The second kappa shape index (κ2) is 5.10. The van der Waals surface area contributed by atoms with E-state index in [1.54, 1.807) is 11.3 Å². The van der Waals surface area contributed by atoms with Crippen molar-refractivity contribution in [2.24, 2.45) is 0 Å². The van der Waals surface area contributed by atoms with Crippen LogP contribution in [-0.2, 0) is 18.4 Å². The second-order valence-electron chi connectivity index (χ2n) is 6.27. The minimum atomic E-state index is -0.878. The molecule has 112 valence electrons. The molecule has 2 aromatic rings. The number of carboxylic acids is 1. The number of aromatic nitrogens is 1. The van der Waals surface area contributed by atoms with Crippen molar-refractivity contribution in [1.82, 2.24) is 4.98 Å². The molecule has 21 heavy (non-hydrogen) atoms. The van der Waals surface area contributed by atoms with Gasteiger partial charge in [0.05, 0.1) is 5.69 Å². The summed E-state index contributed by atoms with van der Waals surface area (Å²) in [5.41, 5.74) is 1.77. The maximum Gasteiger partial charge on any atom is 0.347 e. The topological polar surface area (TPSA) is 53.4 Å². The third-order valence-corrected chi connectivity index (χ3v) is 5.73. The number of hydrogen-bond acceptors (Lipinski definition) is 5. The van der Waals surface area contributed by atoms with Gasteiger partial charge >= 0.3 is 5.97 Å². The Kier molecular flexibility index (Phi) is 3.53.